The molecule has 1 N–H and O–H groups in total. The van der Waals surface area contributed by atoms with Crippen LogP contribution in [0.2, 0.25) is 0 Å². The van der Waals surface area contributed by atoms with Crippen LogP contribution in [0.15, 0.2) is 30.3 Å². The van der Waals surface area contributed by atoms with Crippen LogP contribution in [-0.2, 0) is 6.42 Å². The van der Waals surface area contributed by atoms with E-state index in [9.17, 15) is 4.39 Å². The molecule has 1 aromatic carbocycles. The van der Waals surface area contributed by atoms with Crippen LogP contribution in [-0.4, -0.2) is 21.7 Å². The maximum Gasteiger partial charge on any atom is 0.129 e. The third-order valence-corrected chi connectivity index (χ3v) is 2.60. The maximum atomic E-state index is 12.9. The first kappa shape index (κ1) is 12.6. The van der Waals surface area contributed by atoms with Crippen molar-refractivity contribution in [2.75, 3.05) is 6.61 Å². The number of halogens is 1. The number of hydrogen-bond acceptors (Lipinski definition) is 3. The van der Waals surface area contributed by atoms with Gasteiger partial charge in [-0.1, -0.05) is 0 Å². The fourth-order valence-corrected chi connectivity index (χ4v) is 1.75. The summed E-state index contributed by atoms with van der Waals surface area (Å²) < 4.78 is 12.9. The van der Waals surface area contributed by atoms with Gasteiger partial charge in [-0.15, -0.1) is 0 Å². The minimum atomic E-state index is -0.259. The normalized spacial score (nSPS) is 10.6. The molecule has 4 heteroatoms. The molecule has 0 atom stereocenters. The van der Waals surface area contributed by atoms with E-state index in [1.54, 1.807) is 12.1 Å². The molecule has 0 aliphatic carbocycles. The van der Waals surface area contributed by atoms with Crippen molar-refractivity contribution in [3.8, 4) is 11.3 Å². The lowest BCUT2D eigenvalue weighted by molar-refractivity contribution is 0.287. The SMILES string of the molecule is Cc1cc(-c2ccc(F)cc2)nc(CCCO)n1. The summed E-state index contributed by atoms with van der Waals surface area (Å²) in [4.78, 5) is 8.74. The Morgan fingerprint density at radius 3 is 2.56 bits per heavy atom. The fourth-order valence-electron chi connectivity index (χ4n) is 1.75. The minimum Gasteiger partial charge on any atom is -0.396 e. The minimum absolute atomic E-state index is 0.128. The molecule has 0 saturated heterocycles. The first-order valence-electron chi connectivity index (χ1n) is 5.90. The van der Waals surface area contributed by atoms with Crippen LogP contribution in [0.1, 0.15) is 17.9 Å². The van der Waals surface area contributed by atoms with Gasteiger partial charge < -0.3 is 5.11 Å². The van der Waals surface area contributed by atoms with E-state index in [1.165, 1.54) is 12.1 Å². The van der Waals surface area contributed by atoms with E-state index in [4.69, 9.17) is 5.11 Å². The smallest absolute Gasteiger partial charge is 0.129 e. The summed E-state index contributed by atoms with van der Waals surface area (Å²) in [7, 11) is 0. The molecule has 2 aromatic rings. The molecule has 1 heterocycles. The van der Waals surface area contributed by atoms with E-state index in [-0.39, 0.29) is 12.4 Å². The highest BCUT2D eigenvalue weighted by Crippen LogP contribution is 2.18. The summed E-state index contributed by atoms with van der Waals surface area (Å²) in [5, 5.41) is 8.82. The molecular weight excluding hydrogens is 231 g/mol. The highest BCUT2D eigenvalue weighted by molar-refractivity contribution is 5.59. The standard InChI is InChI=1S/C14H15FN2O/c1-10-9-13(11-4-6-12(15)7-5-11)17-14(16-10)3-2-8-18/h4-7,9,18H,2-3,8H2,1H3. The Morgan fingerprint density at radius 1 is 1.17 bits per heavy atom. The van der Waals surface area contributed by atoms with Gasteiger partial charge in [0.1, 0.15) is 11.6 Å². The monoisotopic (exact) mass is 246 g/mol. The summed E-state index contributed by atoms with van der Waals surface area (Å²) in [5.74, 6) is 0.452. The number of hydrogen-bond donors (Lipinski definition) is 1. The second-order valence-electron chi connectivity index (χ2n) is 4.14. The van der Waals surface area contributed by atoms with Gasteiger partial charge in [-0.3, -0.25) is 0 Å². The number of nitrogens with zero attached hydrogens (tertiary/aromatic N) is 2. The van der Waals surface area contributed by atoms with Crippen LogP contribution in [0.5, 0.6) is 0 Å². The van der Waals surface area contributed by atoms with Gasteiger partial charge in [-0.25, -0.2) is 14.4 Å². The van der Waals surface area contributed by atoms with Crippen molar-refractivity contribution < 1.29 is 9.50 Å². The van der Waals surface area contributed by atoms with E-state index >= 15 is 0 Å². The summed E-state index contributed by atoms with van der Waals surface area (Å²) in [5.41, 5.74) is 2.53. The largest absolute Gasteiger partial charge is 0.396 e. The Kier molecular flexibility index (Phi) is 3.99. The van der Waals surface area contributed by atoms with Crippen LogP contribution in [0.3, 0.4) is 0 Å². The van der Waals surface area contributed by atoms with E-state index in [0.29, 0.717) is 18.7 Å². The van der Waals surface area contributed by atoms with Crippen molar-refractivity contribution >= 4 is 0 Å². The third-order valence-electron chi connectivity index (χ3n) is 2.60. The third kappa shape index (κ3) is 3.11. The van der Waals surface area contributed by atoms with Gasteiger partial charge in [-0.05, 0) is 43.7 Å². The van der Waals surface area contributed by atoms with Crippen molar-refractivity contribution in [1.82, 2.24) is 9.97 Å². The Morgan fingerprint density at radius 2 is 1.89 bits per heavy atom. The Balaban J connectivity index is 2.32. The summed E-state index contributed by atoms with van der Waals surface area (Å²) in [6.07, 6.45) is 1.29. The number of aliphatic hydroxyl groups is 1. The Hall–Kier alpha value is -1.81. The lowest BCUT2D eigenvalue weighted by Gasteiger charge is -2.05. The summed E-state index contributed by atoms with van der Waals surface area (Å²) in [6.45, 7) is 2.03. The number of benzene rings is 1. The molecule has 94 valence electrons. The molecule has 0 saturated carbocycles. The molecule has 0 bridgehead atoms. The molecule has 0 unspecified atom stereocenters. The Bertz CT molecular complexity index is 526. The molecule has 2 rings (SSSR count). The van der Waals surface area contributed by atoms with Gasteiger partial charge in [0, 0.05) is 24.3 Å². The van der Waals surface area contributed by atoms with Crippen LogP contribution >= 0.6 is 0 Å². The molecule has 0 fully saturated rings. The van der Waals surface area contributed by atoms with E-state index in [1.807, 2.05) is 13.0 Å². The van der Waals surface area contributed by atoms with Gasteiger partial charge in [0.2, 0.25) is 0 Å². The number of aromatic nitrogens is 2. The first-order chi connectivity index (χ1) is 8.69. The molecule has 0 amide bonds. The fraction of sp³-hybridized carbons (Fsp3) is 0.286. The lowest BCUT2D eigenvalue weighted by atomic mass is 10.1. The highest BCUT2D eigenvalue weighted by atomic mass is 19.1. The van der Waals surface area contributed by atoms with E-state index < -0.39 is 0 Å². The summed E-state index contributed by atoms with van der Waals surface area (Å²) in [6, 6.07) is 8.11. The van der Waals surface area contributed by atoms with Crippen LogP contribution in [0, 0.1) is 12.7 Å². The lowest BCUT2D eigenvalue weighted by Crippen LogP contribution is -2.00. The van der Waals surface area contributed by atoms with Crippen molar-refractivity contribution in [3.63, 3.8) is 0 Å². The molecule has 0 aliphatic rings. The number of rotatable bonds is 4. The second-order valence-corrected chi connectivity index (χ2v) is 4.14. The predicted molar refractivity (Wildman–Crippen MR) is 67.6 cm³/mol. The molecule has 0 aliphatic heterocycles. The van der Waals surface area contributed by atoms with Crippen LogP contribution in [0.25, 0.3) is 11.3 Å². The van der Waals surface area contributed by atoms with Crippen molar-refractivity contribution in [3.05, 3.63) is 47.7 Å². The van der Waals surface area contributed by atoms with Crippen LogP contribution in [0.4, 0.5) is 4.39 Å². The van der Waals surface area contributed by atoms with Gasteiger partial charge in [0.25, 0.3) is 0 Å². The molecule has 0 spiro atoms. The van der Waals surface area contributed by atoms with Crippen molar-refractivity contribution in [2.45, 2.75) is 19.8 Å². The zero-order valence-electron chi connectivity index (χ0n) is 10.2. The molecule has 3 nitrogen and oxygen atoms in total. The van der Waals surface area contributed by atoms with Crippen molar-refractivity contribution in [1.29, 1.82) is 0 Å². The average molecular weight is 246 g/mol. The predicted octanol–water partition coefficient (Wildman–Crippen LogP) is 2.52. The maximum absolute atomic E-state index is 12.9. The number of aliphatic hydroxyl groups excluding tert-OH is 1. The average Bonchev–Trinajstić information content (AvgIpc) is 2.36. The van der Waals surface area contributed by atoms with E-state index in [2.05, 4.69) is 9.97 Å². The highest BCUT2D eigenvalue weighted by Gasteiger charge is 2.05. The molecule has 18 heavy (non-hydrogen) atoms. The van der Waals surface area contributed by atoms with Gasteiger partial charge in [0.05, 0.1) is 5.69 Å². The first-order valence-corrected chi connectivity index (χ1v) is 5.90. The van der Waals surface area contributed by atoms with Crippen LogP contribution < -0.4 is 0 Å². The topological polar surface area (TPSA) is 46.0 Å². The van der Waals surface area contributed by atoms with Gasteiger partial charge in [0.15, 0.2) is 0 Å². The number of aryl methyl sites for hydroxylation is 2. The quantitative estimate of drug-likeness (QED) is 0.901. The zero-order chi connectivity index (χ0) is 13.0. The molecule has 1 aromatic heterocycles. The van der Waals surface area contributed by atoms with Gasteiger partial charge >= 0.3 is 0 Å². The zero-order valence-corrected chi connectivity index (χ0v) is 10.2. The van der Waals surface area contributed by atoms with Gasteiger partial charge in [-0.2, -0.15) is 0 Å². The molecule has 0 radical (unpaired) electrons. The summed E-state index contributed by atoms with van der Waals surface area (Å²) >= 11 is 0. The van der Waals surface area contributed by atoms with E-state index in [0.717, 1.165) is 17.0 Å². The van der Waals surface area contributed by atoms with Crippen molar-refractivity contribution in [2.24, 2.45) is 0 Å². The Labute approximate surface area is 105 Å². The second kappa shape index (κ2) is 5.69. The molecular formula is C14H15FN2O.